The fraction of sp³-hybridized carbons (Fsp3) is 0.263. The molecule has 0 aliphatic rings. The number of carbonyl (C=O) groups excluding carboxylic acids is 1. The lowest BCUT2D eigenvalue weighted by molar-refractivity contribution is -0.137. The Balaban J connectivity index is 1.78. The number of halogens is 3. The van der Waals surface area contributed by atoms with Gasteiger partial charge in [-0.15, -0.1) is 0 Å². The van der Waals surface area contributed by atoms with Crippen LogP contribution in [0, 0.1) is 0 Å². The molecule has 0 fully saturated rings. The Morgan fingerprint density at radius 2 is 1.81 bits per heavy atom. The number of aromatic amines is 1. The summed E-state index contributed by atoms with van der Waals surface area (Å²) in [5.74, 6) is -0.306. The molecule has 0 unspecified atom stereocenters. The molecule has 136 valence electrons. The lowest BCUT2D eigenvalue weighted by atomic mass is 9.83. The molecule has 4 nitrogen and oxygen atoms in total. The molecule has 0 saturated carbocycles. The molecule has 0 saturated heterocycles. The van der Waals surface area contributed by atoms with Crippen LogP contribution in [0.15, 0.2) is 48.7 Å². The molecule has 1 aromatic heterocycles. The highest BCUT2D eigenvalue weighted by Crippen LogP contribution is 2.32. The Hall–Kier alpha value is -2.83. The highest BCUT2D eigenvalue weighted by molar-refractivity contribution is 6.05. The van der Waals surface area contributed by atoms with Gasteiger partial charge in [0.05, 0.1) is 22.8 Å². The van der Waals surface area contributed by atoms with E-state index in [2.05, 4.69) is 15.5 Å². The fourth-order valence-electron chi connectivity index (χ4n) is 2.77. The summed E-state index contributed by atoms with van der Waals surface area (Å²) in [6.07, 6.45) is -2.77. The number of benzene rings is 2. The zero-order valence-corrected chi connectivity index (χ0v) is 14.3. The fourth-order valence-corrected chi connectivity index (χ4v) is 2.77. The molecule has 0 bridgehead atoms. The van der Waals surface area contributed by atoms with Gasteiger partial charge < -0.3 is 5.32 Å². The molecule has 0 atom stereocenters. The second-order valence-electron chi connectivity index (χ2n) is 6.78. The maximum absolute atomic E-state index is 12.9. The van der Waals surface area contributed by atoms with E-state index in [4.69, 9.17) is 0 Å². The van der Waals surface area contributed by atoms with E-state index in [0.29, 0.717) is 16.6 Å². The van der Waals surface area contributed by atoms with E-state index in [9.17, 15) is 18.0 Å². The van der Waals surface area contributed by atoms with Gasteiger partial charge in [0.2, 0.25) is 0 Å². The Bertz CT molecular complexity index is 944. The Labute approximate surface area is 148 Å². The van der Waals surface area contributed by atoms with Gasteiger partial charge in [0, 0.05) is 17.3 Å². The SMILES string of the molecule is CC(C)(CNC(=O)c1cccc2cn[nH]c12)c1cccc(C(F)(F)F)c1. The highest BCUT2D eigenvalue weighted by atomic mass is 19.4. The minimum absolute atomic E-state index is 0.192. The van der Waals surface area contributed by atoms with Gasteiger partial charge in [-0.3, -0.25) is 9.89 Å². The van der Waals surface area contributed by atoms with Crippen molar-refractivity contribution in [3.63, 3.8) is 0 Å². The van der Waals surface area contributed by atoms with Crippen LogP contribution in [0.1, 0.15) is 35.3 Å². The van der Waals surface area contributed by atoms with Crippen molar-refractivity contribution in [2.24, 2.45) is 0 Å². The van der Waals surface area contributed by atoms with Gasteiger partial charge in [0.15, 0.2) is 0 Å². The number of rotatable bonds is 4. The molecule has 0 aliphatic heterocycles. The zero-order valence-electron chi connectivity index (χ0n) is 14.3. The number of alkyl halides is 3. The van der Waals surface area contributed by atoms with Gasteiger partial charge >= 0.3 is 6.18 Å². The molecular formula is C19H18F3N3O. The first kappa shape index (κ1) is 18.0. The molecule has 0 spiro atoms. The van der Waals surface area contributed by atoms with Crippen molar-refractivity contribution in [3.8, 4) is 0 Å². The van der Waals surface area contributed by atoms with Gasteiger partial charge in [-0.05, 0) is 17.7 Å². The van der Waals surface area contributed by atoms with Crippen molar-refractivity contribution in [1.82, 2.24) is 15.5 Å². The van der Waals surface area contributed by atoms with E-state index in [1.807, 2.05) is 6.07 Å². The molecule has 1 amide bonds. The van der Waals surface area contributed by atoms with Crippen LogP contribution in [-0.4, -0.2) is 22.6 Å². The van der Waals surface area contributed by atoms with Crippen LogP contribution in [0.4, 0.5) is 13.2 Å². The molecule has 7 heteroatoms. The van der Waals surface area contributed by atoms with Crippen LogP contribution >= 0.6 is 0 Å². The van der Waals surface area contributed by atoms with E-state index in [0.717, 1.165) is 17.5 Å². The Morgan fingerprint density at radius 1 is 1.12 bits per heavy atom. The summed E-state index contributed by atoms with van der Waals surface area (Å²) in [5.41, 5.74) is 0.212. The summed E-state index contributed by atoms with van der Waals surface area (Å²) in [6, 6.07) is 10.4. The summed E-state index contributed by atoms with van der Waals surface area (Å²) < 4.78 is 38.8. The first-order chi connectivity index (χ1) is 12.2. The molecule has 3 rings (SSSR count). The summed E-state index contributed by atoms with van der Waals surface area (Å²) in [6.45, 7) is 3.77. The average Bonchev–Trinajstić information content (AvgIpc) is 3.08. The Kier molecular flexibility index (Phi) is 4.48. The molecule has 2 aromatic carbocycles. The number of para-hydroxylation sites is 1. The molecule has 26 heavy (non-hydrogen) atoms. The van der Waals surface area contributed by atoms with E-state index < -0.39 is 17.2 Å². The smallest absolute Gasteiger partial charge is 0.351 e. The van der Waals surface area contributed by atoms with Crippen molar-refractivity contribution >= 4 is 16.8 Å². The number of nitrogens with zero attached hydrogens (tertiary/aromatic N) is 1. The zero-order chi connectivity index (χ0) is 18.9. The van der Waals surface area contributed by atoms with Crippen molar-refractivity contribution in [2.45, 2.75) is 25.4 Å². The van der Waals surface area contributed by atoms with E-state index in [-0.39, 0.29) is 12.5 Å². The molecule has 1 heterocycles. The number of amides is 1. The maximum atomic E-state index is 12.9. The van der Waals surface area contributed by atoms with Crippen LogP contribution in [0.5, 0.6) is 0 Å². The predicted molar refractivity (Wildman–Crippen MR) is 92.9 cm³/mol. The lowest BCUT2D eigenvalue weighted by Gasteiger charge is -2.26. The van der Waals surface area contributed by atoms with E-state index in [1.54, 1.807) is 38.2 Å². The minimum Gasteiger partial charge on any atom is -0.351 e. The number of nitrogens with one attached hydrogen (secondary N) is 2. The molecule has 3 aromatic rings. The van der Waals surface area contributed by atoms with Crippen molar-refractivity contribution in [1.29, 1.82) is 0 Å². The standard InChI is InChI=1S/C19H18F3N3O/c1-18(2,13-6-4-7-14(9-13)19(20,21)22)11-23-17(26)15-8-3-5-12-10-24-25-16(12)15/h3-10H,11H2,1-2H3,(H,23,26)(H,24,25). The molecule has 2 N–H and O–H groups in total. The molecule has 0 radical (unpaired) electrons. The first-order valence-corrected chi connectivity index (χ1v) is 8.06. The van der Waals surface area contributed by atoms with E-state index in [1.165, 1.54) is 6.07 Å². The quantitative estimate of drug-likeness (QED) is 0.728. The van der Waals surface area contributed by atoms with Crippen LogP contribution in [0.25, 0.3) is 10.9 Å². The van der Waals surface area contributed by atoms with E-state index >= 15 is 0 Å². The van der Waals surface area contributed by atoms with Crippen LogP contribution in [-0.2, 0) is 11.6 Å². The number of carbonyl (C=O) groups is 1. The summed E-state index contributed by atoms with van der Waals surface area (Å²) >= 11 is 0. The second-order valence-corrected chi connectivity index (χ2v) is 6.78. The van der Waals surface area contributed by atoms with Crippen molar-refractivity contribution in [2.75, 3.05) is 6.54 Å². The highest BCUT2D eigenvalue weighted by Gasteiger charge is 2.32. The minimum atomic E-state index is -4.40. The van der Waals surface area contributed by atoms with Crippen molar-refractivity contribution in [3.05, 3.63) is 65.4 Å². The van der Waals surface area contributed by atoms with Gasteiger partial charge in [-0.25, -0.2) is 0 Å². The predicted octanol–water partition coefficient (Wildman–Crippen LogP) is 4.29. The maximum Gasteiger partial charge on any atom is 0.416 e. The first-order valence-electron chi connectivity index (χ1n) is 8.06. The summed E-state index contributed by atoms with van der Waals surface area (Å²) in [5, 5.41) is 10.3. The number of H-pyrrole nitrogens is 1. The third kappa shape index (κ3) is 3.56. The third-order valence-corrected chi connectivity index (χ3v) is 4.38. The number of aromatic nitrogens is 2. The summed E-state index contributed by atoms with van der Waals surface area (Å²) in [7, 11) is 0. The van der Waals surface area contributed by atoms with Gasteiger partial charge in [-0.2, -0.15) is 18.3 Å². The summed E-state index contributed by atoms with van der Waals surface area (Å²) in [4.78, 5) is 12.5. The monoisotopic (exact) mass is 361 g/mol. The third-order valence-electron chi connectivity index (χ3n) is 4.38. The van der Waals surface area contributed by atoms with Crippen LogP contribution < -0.4 is 5.32 Å². The number of hydrogen-bond donors (Lipinski definition) is 2. The van der Waals surface area contributed by atoms with Gasteiger partial charge in [-0.1, -0.05) is 44.2 Å². The van der Waals surface area contributed by atoms with Gasteiger partial charge in [0.25, 0.3) is 5.91 Å². The normalized spacial score (nSPS) is 12.3. The number of hydrogen-bond acceptors (Lipinski definition) is 2. The van der Waals surface area contributed by atoms with Gasteiger partial charge in [0.1, 0.15) is 0 Å². The largest absolute Gasteiger partial charge is 0.416 e. The van der Waals surface area contributed by atoms with Crippen LogP contribution in [0.3, 0.4) is 0 Å². The molecule has 0 aliphatic carbocycles. The lowest BCUT2D eigenvalue weighted by Crippen LogP contribution is -2.37. The van der Waals surface area contributed by atoms with Crippen molar-refractivity contribution < 1.29 is 18.0 Å². The van der Waals surface area contributed by atoms with Crippen LogP contribution in [0.2, 0.25) is 0 Å². The second kappa shape index (κ2) is 6.48. The topological polar surface area (TPSA) is 57.8 Å². The number of fused-ring (bicyclic) bond motifs is 1. The Morgan fingerprint density at radius 3 is 2.54 bits per heavy atom. The average molecular weight is 361 g/mol. The molecular weight excluding hydrogens is 343 g/mol.